The molecule has 0 aliphatic heterocycles. The van der Waals surface area contributed by atoms with Gasteiger partial charge in [0.25, 0.3) is 0 Å². The van der Waals surface area contributed by atoms with Crippen LogP contribution in [0.1, 0.15) is 10.4 Å². The molecule has 0 atom stereocenters. The number of ether oxygens (including phenoxy) is 1. The third-order valence-corrected chi connectivity index (χ3v) is 3.20. The van der Waals surface area contributed by atoms with Crippen LogP contribution >= 0.6 is 22.6 Å². The molecule has 0 saturated carbocycles. The third kappa shape index (κ3) is 1.89. The summed E-state index contributed by atoms with van der Waals surface area (Å²) in [5, 5.41) is 1.43. The Morgan fingerprint density at radius 1 is 1.38 bits per heavy atom. The van der Waals surface area contributed by atoms with Crippen LogP contribution in [0, 0.1) is 9.39 Å². The maximum atomic E-state index is 13.3. The van der Waals surface area contributed by atoms with Gasteiger partial charge in [-0.3, -0.25) is 0 Å². The van der Waals surface area contributed by atoms with Crippen LogP contribution in [-0.2, 0) is 4.74 Å². The Morgan fingerprint density at radius 2 is 2.12 bits per heavy atom. The Balaban J connectivity index is 2.85. The van der Waals surface area contributed by atoms with Crippen LogP contribution < -0.4 is 0 Å². The van der Waals surface area contributed by atoms with Gasteiger partial charge in [0.2, 0.25) is 0 Å². The topological polar surface area (TPSA) is 26.3 Å². The Kier molecular flexibility index (Phi) is 3.09. The molecule has 2 aromatic carbocycles. The van der Waals surface area contributed by atoms with Gasteiger partial charge in [-0.15, -0.1) is 0 Å². The lowest BCUT2D eigenvalue weighted by Crippen LogP contribution is -2.03. The van der Waals surface area contributed by atoms with Gasteiger partial charge >= 0.3 is 5.97 Å². The second-order valence-corrected chi connectivity index (χ2v) is 4.45. The minimum atomic E-state index is -0.520. The van der Waals surface area contributed by atoms with E-state index in [1.807, 2.05) is 12.1 Å². The molecule has 0 aromatic heterocycles. The van der Waals surface area contributed by atoms with Crippen molar-refractivity contribution < 1.29 is 13.9 Å². The number of methoxy groups -OCH3 is 1. The molecule has 0 aliphatic rings. The van der Waals surface area contributed by atoms with Crippen LogP contribution in [0.3, 0.4) is 0 Å². The Hall–Kier alpha value is -1.17. The first-order chi connectivity index (χ1) is 7.63. The number of hydrogen-bond acceptors (Lipinski definition) is 2. The normalized spacial score (nSPS) is 10.4. The van der Waals surface area contributed by atoms with E-state index in [-0.39, 0.29) is 5.56 Å². The molecule has 2 rings (SSSR count). The number of benzene rings is 2. The number of carbonyl (C=O) groups excluding carboxylic acids is 1. The summed E-state index contributed by atoms with van der Waals surface area (Å²) < 4.78 is 18.9. The van der Waals surface area contributed by atoms with Crippen LogP contribution in [0.15, 0.2) is 30.3 Å². The van der Waals surface area contributed by atoms with Crippen molar-refractivity contribution in [1.82, 2.24) is 0 Å². The molecule has 0 heterocycles. The largest absolute Gasteiger partial charge is 0.465 e. The minimum absolute atomic E-state index is 0.266. The fourth-order valence-corrected chi connectivity index (χ4v) is 2.43. The van der Waals surface area contributed by atoms with Crippen molar-refractivity contribution >= 4 is 39.3 Å². The van der Waals surface area contributed by atoms with E-state index < -0.39 is 11.8 Å². The SMILES string of the molecule is COC(=O)c1cc(F)cc2cccc(I)c12. The lowest BCUT2D eigenvalue weighted by molar-refractivity contribution is 0.0602. The second-order valence-electron chi connectivity index (χ2n) is 3.28. The molecule has 0 radical (unpaired) electrons. The van der Waals surface area contributed by atoms with Crippen LogP contribution in [0.5, 0.6) is 0 Å². The zero-order chi connectivity index (χ0) is 11.7. The average Bonchev–Trinajstić information content (AvgIpc) is 2.27. The summed E-state index contributed by atoms with van der Waals surface area (Å²) in [5.41, 5.74) is 0.266. The summed E-state index contributed by atoms with van der Waals surface area (Å²) in [4.78, 5) is 11.5. The highest BCUT2D eigenvalue weighted by Gasteiger charge is 2.14. The number of carbonyl (C=O) groups is 1. The summed E-state index contributed by atoms with van der Waals surface area (Å²) in [6, 6.07) is 8.07. The summed E-state index contributed by atoms with van der Waals surface area (Å²) in [7, 11) is 1.29. The number of hydrogen-bond donors (Lipinski definition) is 0. The van der Waals surface area contributed by atoms with E-state index >= 15 is 0 Å². The molecule has 0 N–H and O–H groups in total. The standard InChI is InChI=1S/C12H8FIO2/c1-16-12(15)9-6-8(13)5-7-3-2-4-10(14)11(7)9/h2-6H,1H3. The minimum Gasteiger partial charge on any atom is -0.465 e. The van der Waals surface area contributed by atoms with E-state index in [1.165, 1.54) is 19.2 Å². The zero-order valence-corrected chi connectivity index (χ0v) is 10.6. The Bertz CT molecular complexity index is 566. The summed E-state index contributed by atoms with van der Waals surface area (Å²) in [6.45, 7) is 0. The van der Waals surface area contributed by atoms with Crippen molar-refractivity contribution in [3.05, 3.63) is 45.3 Å². The van der Waals surface area contributed by atoms with Gasteiger partial charge in [-0.05, 0) is 46.2 Å². The van der Waals surface area contributed by atoms with Crippen molar-refractivity contribution in [1.29, 1.82) is 0 Å². The second kappa shape index (κ2) is 4.37. The van der Waals surface area contributed by atoms with Crippen molar-refractivity contribution in [2.45, 2.75) is 0 Å². The summed E-state index contributed by atoms with van der Waals surface area (Å²) in [6.07, 6.45) is 0. The predicted octanol–water partition coefficient (Wildman–Crippen LogP) is 3.37. The van der Waals surface area contributed by atoms with Gasteiger partial charge in [-0.25, -0.2) is 9.18 Å². The first kappa shape index (κ1) is 11.3. The van der Waals surface area contributed by atoms with Gasteiger partial charge in [-0.1, -0.05) is 12.1 Å². The van der Waals surface area contributed by atoms with Gasteiger partial charge in [0.05, 0.1) is 12.7 Å². The molecule has 0 amide bonds. The van der Waals surface area contributed by atoms with Gasteiger partial charge in [0.1, 0.15) is 5.82 Å². The number of halogens is 2. The van der Waals surface area contributed by atoms with Gasteiger partial charge in [0, 0.05) is 8.96 Å². The van der Waals surface area contributed by atoms with E-state index in [0.29, 0.717) is 5.39 Å². The van der Waals surface area contributed by atoms with Crippen LogP contribution in [0.4, 0.5) is 4.39 Å². The number of rotatable bonds is 1. The van der Waals surface area contributed by atoms with E-state index in [9.17, 15) is 9.18 Å². The van der Waals surface area contributed by atoms with E-state index in [0.717, 1.165) is 8.96 Å². The summed E-state index contributed by atoms with van der Waals surface area (Å²) >= 11 is 2.11. The Morgan fingerprint density at radius 3 is 2.81 bits per heavy atom. The van der Waals surface area contributed by atoms with E-state index in [2.05, 4.69) is 27.3 Å². The molecule has 16 heavy (non-hydrogen) atoms. The smallest absolute Gasteiger partial charge is 0.338 e. The Labute approximate surface area is 106 Å². The van der Waals surface area contributed by atoms with Gasteiger partial charge < -0.3 is 4.74 Å². The van der Waals surface area contributed by atoms with Crippen molar-refractivity contribution in [3.63, 3.8) is 0 Å². The lowest BCUT2D eigenvalue weighted by Gasteiger charge is -2.07. The highest BCUT2D eigenvalue weighted by atomic mass is 127. The van der Waals surface area contributed by atoms with E-state index in [4.69, 9.17) is 0 Å². The number of esters is 1. The van der Waals surface area contributed by atoms with Crippen molar-refractivity contribution in [2.75, 3.05) is 7.11 Å². The molecular weight excluding hydrogens is 322 g/mol. The van der Waals surface area contributed by atoms with Crippen LogP contribution in [0.25, 0.3) is 10.8 Å². The monoisotopic (exact) mass is 330 g/mol. The predicted molar refractivity (Wildman–Crippen MR) is 68.0 cm³/mol. The molecule has 4 heteroatoms. The molecule has 0 bridgehead atoms. The molecule has 0 saturated heterocycles. The van der Waals surface area contributed by atoms with Gasteiger partial charge in [0.15, 0.2) is 0 Å². The van der Waals surface area contributed by atoms with Gasteiger partial charge in [-0.2, -0.15) is 0 Å². The maximum absolute atomic E-state index is 13.3. The number of fused-ring (bicyclic) bond motifs is 1. The molecule has 2 aromatic rings. The summed E-state index contributed by atoms with van der Waals surface area (Å²) in [5.74, 6) is -0.955. The van der Waals surface area contributed by atoms with Crippen LogP contribution in [0.2, 0.25) is 0 Å². The van der Waals surface area contributed by atoms with E-state index in [1.54, 1.807) is 6.07 Å². The molecule has 2 nitrogen and oxygen atoms in total. The highest BCUT2D eigenvalue weighted by Crippen LogP contribution is 2.26. The first-order valence-corrected chi connectivity index (χ1v) is 5.67. The molecule has 0 aliphatic carbocycles. The molecule has 0 spiro atoms. The zero-order valence-electron chi connectivity index (χ0n) is 8.46. The highest BCUT2D eigenvalue weighted by molar-refractivity contribution is 14.1. The van der Waals surface area contributed by atoms with Crippen molar-refractivity contribution in [3.8, 4) is 0 Å². The van der Waals surface area contributed by atoms with Crippen molar-refractivity contribution in [2.24, 2.45) is 0 Å². The maximum Gasteiger partial charge on any atom is 0.338 e. The molecular formula is C12H8FIO2. The average molecular weight is 330 g/mol. The molecule has 0 fully saturated rings. The first-order valence-electron chi connectivity index (χ1n) is 4.59. The third-order valence-electron chi connectivity index (χ3n) is 2.30. The molecule has 82 valence electrons. The fraction of sp³-hybridized carbons (Fsp3) is 0.0833. The lowest BCUT2D eigenvalue weighted by atomic mass is 10.0. The quantitative estimate of drug-likeness (QED) is 0.592. The molecule has 0 unspecified atom stereocenters. The van der Waals surface area contributed by atoms with Crippen LogP contribution in [-0.4, -0.2) is 13.1 Å². The fourth-order valence-electron chi connectivity index (χ4n) is 1.62.